The first-order valence-electron chi connectivity index (χ1n) is 6.69. The summed E-state index contributed by atoms with van der Waals surface area (Å²) in [7, 11) is 1.64. The molecule has 0 amide bonds. The van der Waals surface area contributed by atoms with E-state index in [-0.39, 0.29) is 16.8 Å². The fraction of sp³-hybridized carbons (Fsp3) is 0.0556. The molecule has 0 fully saturated rings. The van der Waals surface area contributed by atoms with Crippen molar-refractivity contribution >= 4 is 17.5 Å². The van der Waals surface area contributed by atoms with Gasteiger partial charge in [0.25, 0.3) is 0 Å². The molecule has 0 bridgehead atoms. The molecule has 4 heteroatoms. The zero-order valence-corrected chi connectivity index (χ0v) is 12.0. The van der Waals surface area contributed by atoms with Gasteiger partial charge in [0.05, 0.1) is 22.9 Å². The number of benzene rings is 1. The highest BCUT2D eigenvalue weighted by Gasteiger charge is 2.08. The average Bonchev–Trinajstić information content (AvgIpc) is 2.74. The van der Waals surface area contributed by atoms with Gasteiger partial charge in [0, 0.05) is 7.05 Å². The van der Waals surface area contributed by atoms with Crippen molar-refractivity contribution in [1.29, 1.82) is 5.26 Å². The van der Waals surface area contributed by atoms with E-state index in [1.54, 1.807) is 55.6 Å². The smallest absolute Gasteiger partial charge is 0.212 e. The van der Waals surface area contributed by atoms with Crippen LogP contribution >= 0.6 is 0 Å². The molecule has 0 saturated heterocycles. The van der Waals surface area contributed by atoms with Gasteiger partial charge in [-0.25, -0.2) is 0 Å². The molecule has 2 aromatic rings. The molecule has 2 aromatic carbocycles. The number of nitrogens with zero attached hydrogens (tertiary/aromatic N) is 1. The van der Waals surface area contributed by atoms with Gasteiger partial charge in [-0.2, -0.15) is 5.26 Å². The first kappa shape index (κ1) is 15.2. The lowest BCUT2D eigenvalue weighted by Gasteiger charge is -1.96. The van der Waals surface area contributed by atoms with E-state index in [9.17, 15) is 9.59 Å². The van der Waals surface area contributed by atoms with Gasteiger partial charge in [0.15, 0.2) is 5.78 Å². The van der Waals surface area contributed by atoms with Crippen LogP contribution in [-0.4, -0.2) is 12.8 Å². The second kappa shape index (κ2) is 7.00. The Labute approximate surface area is 128 Å². The van der Waals surface area contributed by atoms with E-state index in [1.807, 2.05) is 6.07 Å². The van der Waals surface area contributed by atoms with Crippen molar-refractivity contribution in [2.45, 2.75) is 0 Å². The van der Waals surface area contributed by atoms with Crippen molar-refractivity contribution in [1.82, 2.24) is 0 Å². The molecule has 0 radical (unpaired) electrons. The molecule has 0 aliphatic carbocycles. The number of carbonyl (C=O) groups excluding carboxylic acids is 1. The van der Waals surface area contributed by atoms with Crippen molar-refractivity contribution in [3.8, 4) is 6.07 Å². The summed E-state index contributed by atoms with van der Waals surface area (Å²) in [5, 5.41) is 11.5. The van der Waals surface area contributed by atoms with Crippen LogP contribution in [0.1, 0.15) is 21.5 Å². The predicted molar refractivity (Wildman–Crippen MR) is 86.8 cm³/mol. The Morgan fingerprint density at radius 2 is 1.82 bits per heavy atom. The van der Waals surface area contributed by atoms with Gasteiger partial charge in [-0.05, 0) is 35.9 Å². The Kier molecular flexibility index (Phi) is 4.84. The Morgan fingerprint density at radius 3 is 2.45 bits per heavy atom. The number of hydrogen-bond acceptors (Lipinski definition) is 4. The summed E-state index contributed by atoms with van der Waals surface area (Å²) < 4.78 is 0. The normalized spacial score (nSPS) is 10.2. The lowest BCUT2D eigenvalue weighted by Crippen LogP contribution is -2.14. The molecule has 108 valence electrons. The monoisotopic (exact) mass is 290 g/mol. The van der Waals surface area contributed by atoms with E-state index in [1.165, 1.54) is 12.1 Å². The van der Waals surface area contributed by atoms with Crippen LogP contribution in [0.2, 0.25) is 0 Å². The van der Waals surface area contributed by atoms with Crippen LogP contribution in [0.4, 0.5) is 5.69 Å². The van der Waals surface area contributed by atoms with Crippen LogP contribution < -0.4 is 10.7 Å². The Bertz CT molecular complexity index is 816. The highest BCUT2D eigenvalue weighted by atomic mass is 16.1. The molecule has 4 nitrogen and oxygen atoms in total. The second-order valence-corrected chi connectivity index (χ2v) is 4.56. The highest BCUT2D eigenvalue weighted by molar-refractivity contribution is 6.07. The minimum atomic E-state index is -0.359. The number of nitrogens with one attached hydrogen (secondary N) is 1. The third-order valence-corrected chi connectivity index (χ3v) is 3.13. The van der Waals surface area contributed by atoms with Crippen LogP contribution in [0.25, 0.3) is 6.08 Å². The van der Waals surface area contributed by atoms with Crippen molar-refractivity contribution < 1.29 is 4.79 Å². The van der Waals surface area contributed by atoms with E-state index in [0.29, 0.717) is 11.3 Å². The number of allylic oxidation sites excluding steroid dienone is 1. The van der Waals surface area contributed by atoms with Gasteiger partial charge in [0.2, 0.25) is 5.43 Å². The molecule has 0 spiro atoms. The molecule has 2 rings (SSSR count). The maximum Gasteiger partial charge on any atom is 0.212 e. The summed E-state index contributed by atoms with van der Waals surface area (Å²) in [6, 6.07) is 15.4. The largest absolute Gasteiger partial charge is 0.385 e. The number of anilines is 1. The molecular formula is C18H14N2O2. The minimum Gasteiger partial charge on any atom is -0.385 e. The van der Waals surface area contributed by atoms with Crippen LogP contribution in [0.3, 0.4) is 0 Å². The van der Waals surface area contributed by atoms with Gasteiger partial charge >= 0.3 is 0 Å². The summed E-state index contributed by atoms with van der Waals surface area (Å²) in [5.41, 5.74) is 1.49. The van der Waals surface area contributed by atoms with Crippen LogP contribution in [0, 0.1) is 11.3 Å². The highest BCUT2D eigenvalue weighted by Crippen LogP contribution is 2.07. The standard InChI is InChI=1S/C18H14N2O2/c1-20-16-5-3-2-4-15(18(16)22)17(21)11-10-13-6-8-14(12-19)9-7-13/h2-11H,1H3,(H,20,22)/b11-10-. The number of rotatable bonds is 4. The number of hydrogen-bond donors (Lipinski definition) is 1. The Balaban J connectivity index is 2.29. The minimum absolute atomic E-state index is 0.110. The summed E-state index contributed by atoms with van der Waals surface area (Å²) in [6.07, 6.45) is 2.98. The van der Waals surface area contributed by atoms with E-state index >= 15 is 0 Å². The molecule has 0 heterocycles. The third-order valence-electron chi connectivity index (χ3n) is 3.13. The van der Waals surface area contributed by atoms with Gasteiger partial charge < -0.3 is 5.32 Å². The molecule has 0 unspecified atom stereocenters. The Hall–Kier alpha value is -3.19. The zero-order valence-electron chi connectivity index (χ0n) is 12.0. The molecule has 0 aliphatic rings. The predicted octanol–water partition coefficient (Wildman–Crippen LogP) is 2.86. The first-order chi connectivity index (χ1) is 10.7. The molecular weight excluding hydrogens is 276 g/mol. The van der Waals surface area contributed by atoms with Crippen LogP contribution in [0.5, 0.6) is 0 Å². The quantitative estimate of drug-likeness (QED) is 0.694. The first-order valence-corrected chi connectivity index (χ1v) is 6.69. The molecule has 0 aromatic heterocycles. The molecule has 0 aliphatic heterocycles. The summed E-state index contributed by atoms with van der Waals surface area (Å²) in [4.78, 5) is 24.4. The number of nitriles is 1. The number of ketones is 1. The average molecular weight is 290 g/mol. The van der Waals surface area contributed by atoms with E-state index < -0.39 is 0 Å². The topological polar surface area (TPSA) is 70.0 Å². The van der Waals surface area contributed by atoms with E-state index in [0.717, 1.165) is 5.56 Å². The van der Waals surface area contributed by atoms with E-state index in [2.05, 4.69) is 5.32 Å². The maximum absolute atomic E-state index is 12.2. The van der Waals surface area contributed by atoms with Gasteiger partial charge in [-0.3, -0.25) is 9.59 Å². The molecule has 0 atom stereocenters. The zero-order chi connectivity index (χ0) is 15.9. The van der Waals surface area contributed by atoms with Gasteiger partial charge in [-0.1, -0.05) is 30.3 Å². The fourth-order valence-electron chi connectivity index (χ4n) is 1.92. The van der Waals surface area contributed by atoms with Crippen LogP contribution in [0.15, 0.2) is 59.4 Å². The fourth-order valence-corrected chi connectivity index (χ4v) is 1.92. The lowest BCUT2D eigenvalue weighted by molar-refractivity contribution is 0.104. The van der Waals surface area contributed by atoms with Crippen molar-refractivity contribution in [3.05, 3.63) is 81.5 Å². The lowest BCUT2D eigenvalue weighted by atomic mass is 10.1. The number of carbonyl (C=O) groups is 1. The summed E-state index contributed by atoms with van der Waals surface area (Å²) in [6.45, 7) is 0. The molecule has 1 N–H and O–H groups in total. The van der Waals surface area contributed by atoms with Gasteiger partial charge in [0.1, 0.15) is 0 Å². The summed E-state index contributed by atoms with van der Waals surface area (Å²) >= 11 is 0. The van der Waals surface area contributed by atoms with Crippen molar-refractivity contribution in [2.75, 3.05) is 12.4 Å². The van der Waals surface area contributed by atoms with Gasteiger partial charge in [-0.15, -0.1) is 0 Å². The second-order valence-electron chi connectivity index (χ2n) is 4.56. The maximum atomic E-state index is 12.2. The summed E-state index contributed by atoms with van der Waals surface area (Å²) in [5.74, 6) is -0.359. The van der Waals surface area contributed by atoms with Crippen LogP contribution in [-0.2, 0) is 0 Å². The Morgan fingerprint density at radius 1 is 1.14 bits per heavy atom. The molecule has 22 heavy (non-hydrogen) atoms. The van der Waals surface area contributed by atoms with E-state index in [4.69, 9.17) is 5.26 Å². The third kappa shape index (κ3) is 3.47. The van der Waals surface area contributed by atoms with Crippen molar-refractivity contribution in [3.63, 3.8) is 0 Å². The SMILES string of the molecule is CNc1ccccc(C(=O)/C=C\c2ccc(C#N)cc2)c1=O. The van der Waals surface area contributed by atoms with Crippen molar-refractivity contribution in [2.24, 2.45) is 0 Å². The molecule has 0 saturated carbocycles.